The molecular weight excluding hydrogens is 429 g/mol. The van der Waals surface area contributed by atoms with Gasteiger partial charge in [0.05, 0.1) is 6.61 Å². The number of rotatable bonds is 10. The lowest BCUT2D eigenvalue weighted by Gasteiger charge is -2.18. The smallest absolute Gasteiger partial charge is 0.165 e. The topological polar surface area (TPSA) is 30.5 Å². The number of aryl methyl sites for hydroxylation is 1. The highest BCUT2D eigenvalue weighted by Crippen LogP contribution is 2.35. The molecule has 0 aliphatic carbocycles. The Morgan fingerprint density at radius 2 is 1.74 bits per heavy atom. The average molecular weight is 456 g/mol. The van der Waals surface area contributed by atoms with Crippen molar-refractivity contribution in [3.05, 3.63) is 99.6 Å². The highest BCUT2D eigenvalue weighted by Gasteiger charge is 2.14. The van der Waals surface area contributed by atoms with E-state index in [-0.39, 0.29) is 0 Å². The quantitative estimate of drug-likeness (QED) is 0.318. The molecule has 0 unspecified atom stereocenters. The fourth-order valence-corrected chi connectivity index (χ4v) is 3.51. The number of halogens is 2. The second kappa shape index (κ2) is 11.1. The molecule has 0 spiro atoms. The molecule has 31 heavy (non-hydrogen) atoms. The standard InChI is InChI=1S/C26H27Cl2NO2/c1-4-6-21-13-20(16-29-23-12-7-18(3)24(28)15-23)14-25(30-5-2)26(21)31-17-19-8-10-22(27)11-9-19/h4,7-15,29H,1,5-6,16-17H2,2-3H3. The van der Waals surface area contributed by atoms with Gasteiger partial charge < -0.3 is 14.8 Å². The van der Waals surface area contributed by atoms with Crippen molar-refractivity contribution >= 4 is 28.9 Å². The van der Waals surface area contributed by atoms with Crippen LogP contribution in [0.1, 0.15) is 29.2 Å². The number of anilines is 1. The Balaban J connectivity index is 1.82. The van der Waals surface area contributed by atoms with Gasteiger partial charge in [0.15, 0.2) is 11.5 Å². The van der Waals surface area contributed by atoms with E-state index in [1.54, 1.807) is 0 Å². The molecule has 0 bridgehead atoms. The van der Waals surface area contributed by atoms with Crippen LogP contribution in [-0.2, 0) is 19.6 Å². The molecule has 3 rings (SSSR count). The van der Waals surface area contributed by atoms with Crippen LogP contribution in [0.4, 0.5) is 5.69 Å². The van der Waals surface area contributed by atoms with Crippen molar-refractivity contribution in [1.82, 2.24) is 0 Å². The van der Waals surface area contributed by atoms with E-state index in [0.29, 0.717) is 31.2 Å². The number of allylic oxidation sites excluding steroid dienone is 1. The third-order valence-corrected chi connectivity index (χ3v) is 5.48. The molecule has 0 heterocycles. The van der Waals surface area contributed by atoms with Crippen LogP contribution >= 0.6 is 23.2 Å². The van der Waals surface area contributed by atoms with E-state index in [1.807, 2.05) is 68.5 Å². The summed E-state index contributed by atoms with van der Waals surface area (Å²) in [7, 11) is 0. The first kappa shape index (κ1) is 23.1. The van der Waals surface area contributed by atoms with Gasteiger partial charge in [-0.1, -0.05) is 47.5 Å². The van der Waals surface area contributed by atoms with Crippen LogP contribution in [0, 0.1) is 6.92 Å². The molecule has 0 amide bonds. The first-order chi connectivity index (χ1) is 15.0. The van der Waals surface area contributed by atoms with Crippen molar-refractivity contribution in [3.8, 4) is 11.5 Å². The minimum absolute atomic E-state index is 0.431. The Bertz CT molecular complexity index is 1030. The van der Waals surface area contributed by atoms with Crippen LogP contribution in [0.3, 0.4) is 0 Å². The summed E-state index contributed by atoms with van der Waals surface area (Å²) in [5.74, 6) is 1.48. The zero-order valence-electron chi connectivity index (χ0n) is 17.9. The zero-order chi connectivity index (χ0) is 22.2. The molecule has 0 aliphatic heterocycles. The van der Waals surface area contributed by atoms with Crippen molar-refractivity contribution in [2.75, 3.05) is 11.9 Å². The molecule has 0 saturated carbocycles. The van der Waals surface area contributed by atoms with Gasteiger partial charge in [-0.2, -0.15) is 0 Å². The van der Waals surface area contributed by atoms with Gasteiger partial charge in [0.25, 0.3) is 0 Å². The predicted octanol–water partition coefficient (Wildman–Crippen LogP) is 7.62. The van der Waals surface area contributed by atoms with E-state index in [9.17, 15) is 0 Å². The third-order valence-electron chi connectivity index (χ3n) is 4.82. The van der Waals surface area contributed by atoms with Gasteiger partial charge in [0.2, 0.25) is 0 Å². The van der Waals surface area contributed by atoms with Crippen LogP contribution in [-0.4, -0.2) is 6.61 Å². The number of nitrogens with one attached hydrogen (secondary N) is 1. The summed E-state index contributed by atoms with van der Waals surface area (Å²) in [6.07, 6.45) is 2.55. The minimum Gasteiger partial charge on any atom is -0.490 e. The Hall–Kier alpha value is -2.62. The van der Waals surface area contributed by atoms with E-state index < -0.39 is 0 Å². The van der Waals surface area contributed by atoms with Crippen molar-refractivity contribution in [2.45, 2.75) is 33.4 Å². The summed E-state index contributed by atoms with van der Waals surface area (Å²) < 4.78 is 12.1. The number of hydrogen-bond donors (Lipinski definition) is 1. The molecule has 162 valence electrons. The van der Waals surface area contributed by atoms with E-state index in [4.69, 9.17) is 32.7 Å². The molecule has 3 nitrogen and oxygen atoms in total. The number of benzene rings is 3. The van der Waals surface area contributed by atoms with Crippen LogP contribution in [0.2, 0.25) is 10.0 Å². The van der Waals surface area contributed by atoms with E-state index in [0.717, 1.165) is 44.5 Å². The zero-order valence-corrected chi connectivity index (χ0v) is 19.4. The summed E-state index contributed by atoms with van der Waals surface area (Å²) >= 11 is 12.2. The molecule has 0 saturated heterocycles. The van der Waals surface area contributed by atoms with Gasteiger partial charge in [-0.15, -0.1) is 6.58 Å². The second-order valence-electron chi connectivity index (χ2n) is 7.24. The first-order valence-electron chi connectivity index (χ1n) is 10.3. The van der Waals surface area contributed by atoms with Crippen LogP contribution in [0.25, 0.3) is 0 Å². The Morgan fingerprint density at radius 1 is 0.968 bits per heavy atom. The second-order valence-corrected chi connectivity index (χ2v) is 8.08. The lowest BCUT2D eigenvalue weighted by molar-refractivity contribution is 0.267. The van der Waals surface area contributed by atoms with Gasteiger partial charge in [0, 0.05) is 27.8 Å². The summed E-state index contributed by atoms with van der Waals surface area (Å²) in [6, 6.07) is 17.8. The number of ether oxygens (including phenoxy) is 2. The van der Waals surface area contributed by atoms with Gasteiger partial charge in [-0.05, 0) is 73.4 Å². The van der Waals surface area contributed by atoms with Gasteiger partial charge in [0.1, 0.15) is 6.61 Å². The molecular formula is C26H27Cl2NO2. The van der Waals surface area contributed by atoms with Crippen LogP contribution < -0.4 is 14.8 Å². The highest BCUT2D eigenvalue weighted by molar-refractivity contribution is 6.31. The highest BCUT2D eigenvalue weighted by atomic mass is 35.5. The van der Waals surface area contributed by atoms with Crippen molar-refractivity contribution in [2.24, 2.45) is 0 Å². The lowest BCUT2D eigenvalue weighted by atomic mass is 10.0. The SMILES string of the molecule is C=CCc1cc(CNc2ccc(C)c(Cl)c2)cc(OCC)c1OCc1ccc(Cl)cc1. The van der Waals surface area contributed by atoms with Gasteiger partial charge in [-0.3, -0.25) is 0 Å². The molecule has 3 aromatic carbocycles. The monoisotopic (exact) mass is 455 g/mol. The maximum atomic E-state index is 6.25. The average Bonchev–Trinajstić information content (AvgIpc) is 2.75. The molecule has 0 atom stereocenters. The molecule has 0 aromatic heterocycles. The Kier molecular flexibility index (Phi) is 8.27. The fourth-order valence-electron chi connectivity index (χ4n) is 3.20. The fraction of sp³-hybridized carbons (Fsp3) is 0.231. The van der Waals surface area contributed by atoms with Crippen molar-refractivity contribution < 1.29 is 9.47 Å². The number of hydrogen-bond acceptors (Lipinski definition) is 3. The van der Waals surface area contributed by atoms with Crippen LogP contribution in [0.5, 0.6) is 11.5 Å². The maximum absolute atomic E-state index is 6.25. The van der Waals surface area contributed by atoms with Crippen molar-refractivity contribution in [3.63, 3.8) is 0 Å². The Morgan fingerprint density at radius 3 is 2.42 bits per heavy atom. The summed E-state index contributed by atoms with van der Waals surface area (Å²) in [5, 5.41) is 4.89. The van der Waals surface area contributed by atoms with E-state index >= 15 is 0 Å². The molecule has 5 heteroatoms. The Labute approximate surface area is 194 Å². The molecule has 1 N–H and O–H groups in total. The summed E-state index contributed by atoms with van der Waals surface area (Å²) in [4.78, 5) is 0. The normalized spacial score (nSPS) is 10.6. The van der Waals surface area contributed by atoms with Gasteiger partial charge >= 0.3 is 0 Å². The van der Waals surface area contributed by atoms with E-state index in [1.165, 1.54) is 0 Å². The molecule has 3 aromatic rings. The molecule has 0 fully saturated rings. The summed E-state index contributed by atoms with van der Waals surface area (Å²) in [6.45, 7) is 9.48. The van der Waals surface area contributed by atoms with Crippen LogP contribution in [0.15, 0.2) is 67.3 Å². The molecule has 0 aliphatic rings. The summed E-state index contributed by atoms with van der Waals surface area (Å²) in [5.41, 5.74) is 5.20. The molecule has 0 radical (unpaired) electrons. The van der Waals surface area contributed by atoms with E-state index in [2.05, 4.69) is 18.0 Å². The first-order valence-corrected chi connectivity index (χ1v) is 11.0. The minimum atomic E-state index is 0.431. The predicted molar refractivity (Wildman–Crippen MR) is 131 cm³/mol. The third kappa shape index (κ3) is 6.43. The largest absolute Gasteiger partial charge is 0.490 e. The lowest BCUT2D eigenvalue weighted by Crippen LogP contribution is -2.06. The maximum Gasteiger partial charge on any atom is 0.165 e. The van der Waals surface area contributed by atoms with Gasteiger partial charge in [-0.25, -0.2) is 0 Å². The van der Waals surface area contributed by atoms with Crippen molar-refractivity contribution in [1.29, 1.82) is 0 Å².